The molecule has 0 saturated carbocycles. The minimum absolute atomic E-state index is 0.0566. The van der Waals surface area contributed by atoms with Gasteiger partial charge < -0.3 is 15.3 Å². The second-order valence-electron chi connectivity index (χ2n) is 6.07. The van der Waals surface area contributed by atoms with Gasteiger partial charge in [-0.3, -0.25) is 9.78 Å². The molecule has 5 nitrogen and oxygen atoms in total. The van der Waals surface area contributed by atoms with E-state index >= 15 is 0 Å². The smallest absolute Gasteiger partial charge is 0.258 e. The molecule has 1 aromatic heterocycles. The summed E-state index contributed by atoms with van der Waals surface area (Å²) in [6.45, 7) is 2.94. The number of nitrogens with zero attached hydrogens (tertiary/aromatic N) is 2. The number of amides is 1. The molecule has 3 rings (SSSR count). The second-order valence-corrected chi connectivity index (χ2v) is 6.07. The number of rotatable bonds is 4. The first kappa shape index (κ1) is 14.3. The summed E-state index contributed by atoms with van der Waals surface area (Å²) in [4.78, 5) is 19.0. The molecule has 2 fully saturated rings. The van der Waals surface area contributed by atoms with Crippen LogP contribution in [-0.2, 0) is 0 Å². The van der Waals surface area contributed by atoms with Gasteiger partial charge in [-0.25, -0.2) is 0 Å². The quantitative estimate of drug-likeness (QED) is 0.890. The molecule has 1 aromatic rings. The largest absolute Gasteiger partial charge is 0.393 e. The van der Waals surface area contributed by atoms with Crippen molar-refractivity contribution < 1.29 is 9.90 Å². The number of pyridine rings is 1. The first-order chi connectivity index (χ1) is 10.2. The zero-order chi connectivity index (χ0) is 14.8. The minimum Gasteiger partial charge on any atom is -0.393 e. The zero-order valence-electron chi connectivity index (χ0n) is 12.5. The molecule has 114 valence electrons. The highest BCUT2D eigenvalue weighted by Gasteiger charge is 2.43. The third kappa shape index (κ3) is 2.75. The number of hydrogen-bond donors (Lipinski definition) is 2. The lowest BCUT2D eigenvalue weighted by atomic mass is 9.98. The fraction of sp³-hybridized carbons (Fsp3) is 0.625. The Balaban J connectivity index is 1.83. The summed E-state index contributed by atoms with van der Waals surface area (Å²) < 4.78 is 0. The predicted octanol–water partition coefficient (Wildman–Crippen LogP) is 2.03. The van der Waals surface area contributed by atoms with Crippen molar-refractivity contribution in [2.24, 2.45) is 0 Å². The van der Waals surface area contributed by atoms with Crippen molar-refractivity contribution in [2.45, 2.75) is 57.2 Å². The molecule has 0 aromatic carbocycles. The molecule has 5 heteroatoms. The Labute approximate surface area is 125 Å². The summed E-state index contributed by atoms with van der Waals surface area (Å²) in [5.74, 6) is 0.0566. The lowest BCUT2D eigenvalue weighted by Gasteiger charge is -2.37. The predicted molar refractivity (Wildman–Crippen MR) is 81.2 cm³/mol. The highest BCUT2D eigenvalue weighted by molar-refractivity contribution is 5.99. The van der Waals surface area contributed by atoms with Crippen molar-refractivity contribution in [3.63, 3.8) is 0 Å². The van der Waals surface area contributed by atoms with Crippen LogP contribution in [0.5, 0.6) is 0 Å². The van der Waals surface area contributed by atoms with E-state index < -0.39 is 0 Å². The van der Waals surface area contributed by atoms with Crippen LogP contribution in [0.1, 0.15) is 49.4 Å². The first-order valence-corrected chi connectivity index (χ1v) is 7.89. The summed E-state index contributed by atoms with van der Waals surface area (Å²) in [6, 6.07) is 2.24. The molecule has 2 atom stereocenters. The minimum atomic E-state index is -0.252. The highest BCUT2D eigenvalue weighted by atomic mass is 16.3. The molecule has 2 unspecified atom stereocenters. The molecule has 2 aliphatic heterocycles. The molecule has 0 aliphatic carbocycles. The summed E-state index contributed by atoms with van der Waals surface area (Å²) in [7, 11) is 0. The van der Waals surface area contributed by atoms with Gasteiger partial charge in [-0.2, -0.15) is 0 Å². The number of anilines is 1. The van der Waals surface area contributed by atoms with Crippen LogP contribution < -0.4 is 5.32 Å². The van der Waals surface area contributed by atoms with Gasteiger partial charge in [0.2, 0.25) is 0 Å². The van der Waals surface area contributed by atoms with Gasteiger partial charge >= 0.3 is 0 Å². The van der Waals surface area contributed by atoms with E-state index in [0.29, 0.717) is 18.4 Å². The molecular weight excluding hydrogens is 266 g/mol. The summed E-state index contributed by atoms with van der Waals surface area (Å²) in [5, 5.41) is 13.2. The van der Waals surface area contributed by atoms with Gasteiger partial charge in [0.1, 0.15) is 0 Å². The Morgan fingerprint density at radius 3 is 2.81 bits per heavy atom. The van der Waals surface area contributed by atoms with E-state index in [1.165, 1.54) is 0 Å². The van der Waals surface area contributed by atoms with Crippen LogP contribution in [0, 0.1) is 0 Å². The Morgan fingerprint density at radius 1 is 1.43 bits per heavy atom. The van der Waals surface area contributed by atoms with Gasteiger partial charge in [0, 0.05) is 31.0 Å². The Kier molecular flexibility index (Phi) is 4.10. The third-order valence-electron chi connectivity index (χ3n) is 4.56. The number of aromatic nitrogens is 1. The Bertz CT molecular complexity index is 506. The van der Waals surface area contributed by atoms with Crippen LogP contribution in [0.3, 0.4) is 0 Å². The van der Waals surface area contributed by atoms with E-state index in [2.05, 4.69) is 17.2 Å². The highest BCUT2D eigenvalue weighted by Crippen LogP contribution is 2.37. The molecule has 2 saturated heterocycles. The van der Waals surface area contributed by atoms with Crippen molar-refractivity contribution in [1.29, 1.82) is 0 Å². The molecule has 1 amide bonds. The number of aliphatic hydroxyl groups is 1. The number of nitrogens with one attached hydrogen (secondary N) is 1. The maximum absolute atomic E-state index is 12.9. The third-order valence-corrected chi connectivity index (χ3v) is 4.56. The van der Waals surface area contributed by atoms with Crippen LogP contribution >= 0.6 is 0 Å². The molecule has 2 aliphatic rings. The van der Waals surface area contributed by atoms with Gasteiger partial charge in [-0.05, 0) is 38.2 Å². The van der Waals surface area contributed by atoms with E-state index in [1.807, 2.05) is 11.0 Å². The molecule has 3 heterocycles. The number of aliphatic hydroxyl groups excluding tert-OH is 1. The number of fused-ring (bicyclic) bond motifs is 2. The molecule has 21 heavy (non-hydrogen) atoms. The van der Waals surface area contributed by atoms with Crippen molar-refractivity contribution in [2.75, 3.05) is 11.9 Å². The fourth-order valence-electron chi connectivity index (χ4n) is 3.60. The number of hydrogen-bond acceptors (Lipinski definition) is 4. The van der Waals surface area contributed by atoms with Gasteiger partial charge in [-0.15, -0.1) is 0 Å². The maximum atomic E-state index is 12.9. The SMILES string of the molecule is CCCNc1ccncc1C(=O)N1C2CCC1CC(O)C2. The molecule has 2 N–H and O–H groups in total. The standard InChI is InChI=1S/C16H23N3O2/c1-2-6-18-15-5-7-17-10-14(15)16(21)19-11-3-4-12(19)9-13(20)8-11/h5,7,10-13,20H,2-4,6,8-9H2,1H3,(H,17,18). The van der Waals surface area contributed by atoms with Crippen molar-refractivity contribution in [3.8, 4) is 0 Å². The molecular formula is C16H23N3O2. The Morgan fingerprint density at radius 2 is 2.14 bits per heavy atom. The van der Waals surface area contributed by atoms with E-state index in [-0.39, 0.29) is 24.1 Å². The topological polar surface area (TPSA) is 65.5 Å². The summed E-state index contributed by atoms with van der Waals surface area (Å²) in [5.41, 5.74) is 1.52. The Hall–Kier alpha value is -1.62. The van der Waals surface area contributed by atoms with Gasteiger partial charge in [0.05, 0.1) is 17.4 Å². The van der Waals surface area contributed by atoms with Crippen molar-refractivity contribution in [1.82, 2.24) is 9.88 Å². The van der Waals surface area contributed by atoms with Crippen LogP contribution in [0.25, 0.3) is 0 Å². The number of carbonyl (C=O) groups is 1. The van der Waals surface area contributed by atoms with Crippen LogP contribution in [-0.4, -0.2) is 45.6 Å². The number of carbonyl (C=O) groups excluding carboxylic acids is 1. The maximum Gasteiger partial charge on any atom is 0.258 e. The van der Waals surface area contributed by atoms with Gasteiger partial charge in [0.25, 0.3) is 5.91 Å². The molecule has 2 bridgehead atoms. The molecule has 0 spiro atoms. The van der Waals surface area contributed by atoms with E-state index in [0.717, 1.165) is 31.5 Å². The zero-order valence-corrected chi connectivity index (χ0v) is 12.5. The summed E-state index contributed by atoms with van der Waals surface area (Å²) >= 11 is 0. The normalized spacial score (nSPS) is 27.7. The summed E-state index contributed by atoms with van der Waals surface area (Å²) in [6.07, 6.45) is 7.56. The van der Waals surface area contributed by atoms with E-state index in [4.69, 9.17) is 0 Å². The van der Waals surface area contributed by atoms with Crippen molar-refractivity contribution >= 4 is 11.6 Å². The van der Waals surface area contributed by atoms with Gasteiger partial charge in [-0.1, -0.05) is 6.92 Å². The number of piperidine rings is 1. The van der Waals surface area contributed by atoms with E-state index in [1.54, 1.807) is 12.4 Å². The van der Waals surface area contributed by atoms with Gasteiger partial charge in [0.15, 0.2) is 0 Å². The lowest BCUT2D eigenvalue weighted by Crippen LogP contribution is -2.48. The second kappa shape index (κ2) is 6.02. The average Bonchev–Trinajstić information content (AvgIpc) is 2.76. The molecule has 0 radical (unpaired) electrons. The average molecular weight is 289 g/mol. The lowest BCUT2D eigenvalue weighted by molar-refractivity contribution is 0.0287. The van der Waals surface area contributed by atoms with Crippen LogP contribution in [0.15, 0.2) is 18.5 Å². The van der Waals surface area contributed by atoms with Crippen LogP contribution in [0.4, 0.5) is 5.69 Å². The van der Waals surface area contributed by atoms with E-state index in [9.17, 15) is 9.90 Å². The first-order valence-electron chi connectivity index (χ1n) is 7.89. The van der Waals surface area contributed by atoms with Crippen molar-refractivity contribution in [3.05, 3.63) is 24.0 Å². The van der Waals surface area contributed by atoms with Crippen LogP contribution in [0.2, 0.25) is 0 Å². The fourth-order valence-corrected chi connectivity index (χ4v) is 3.60. The monoisotopic (exact) mass is 289 g/mol.